The number of hydrogen-bond acceptors (Lipinski definition) is 3. The summed E-state index contributed by atoms with van der Waals surface area (Å²) < 4.78 is 5.54. The molecule has 0 aromatic heterocycles. The lowest BCUT2D eigenvalue weighted by atomic mass is 10.1. The summed E-state index contributed by atoms with van der Waals surface area (Å²) in [4.78, 5) is 26.3. The van der Waals surface area contributed by atoms with Crippen molar-refractivity contribution < 1.29 is 14.3 Å². The normalized spacial score (nSPS) is 16.8. The summed E-state index contributed by atoms with van der Waals surface area (Å²) in [6, 6.07) is 14.1. The molecule has 1 aliphatic heterocycles. The van der Waals surface area contributed by atoms with Crippen molar-refractivity contribution in [3.05, 3.63) is 53.6 Å². The van der Waals surface area contributed by atoms with Crippen LogP contribution in [-0.2, 0) is 9.59 Å². The minimum Gasteiger partial charge on any atom is -0.484 e. The van der Waals surface area contributed by atoms with Crippen LogP contribution in [0.1, 0.15) is 6.92 Å². The lowest BCUT2D eigenvalue weighted by molar-refractivity contribution is -0.121. The Morgan fingerprint density at radius 1 is 1.25 bits per heavy atom. The van der Waals surface area contributed by atoms with Crippen molar-refractivity contribution in [2.45, 2.75) is 6.92 Å². The first-order valence-corrected chi connectivity index (χ1v) is 8.01. The predicted octanol–water partition coefficient (Wildman–Crippen LogP) is 3.34. The van der Waals surface area contributed by atoms with Crippen LogP contribution in [0.2, 0.25) is 5.02 Å². The number of rotatable bonds is 3. The monoisotopic (exact) mass is 344 g/mol. The predicted molar refractivity (Wildman–Crippen MR) is 93.5 cm³/mol. The minimum absolute atomic E-state index is 0.101. The molecule has 1 atom stereocenters. The van der Waals surface area contributed by atoms with E-state index in [1.165, 1.54) is 0 Å². The molecule has 2 aromatic carbocycles. The van der Waals surface area contributed by atoms with E-state index in [1.54, 1.807) is 42.2 Å². The van der Waals surface area contributed by atoms with Crippen molar-refractivity contribution in [2.24, 2.45) is 5.92 Å². The standard InChI is InChI=1S/C18H17ClN2O3/c1-12-10-21(16-5-3-2-4-15(16)20-18(12)23)17(22)11-24-14-8-6-13(19)7-9-14/h2-9,12H,10-11H2,1H3,(H,20,23). The van der Waals surface area contributed by atoms with E-state index in [1.807, 2.05) is 18.2 Å². The Morgan fingerprint density at radius 3 is 2.71 bits per heavy atom. The van der Waals surface area contributed by atoms with Crippen LogP contribution in [-0.4, -0.2) is 25.0 Å². The Morgan fingerprint density at radius 2 is 1.96 bits per heavy atom. The lowest BCUT2D eigenvalue weighted by Gasteiger charge is -2.23. The minimum atomic E-state index is -0.308. The van der Waals surface area contributed by atoms with Crippen LogP contribution in [0.4, 0.5) is 11.4 Å². The van der Waals surface area contributed by atoms with Crippen LogP contribution in [0, 0.1) is 5.92 Å². The molecule has 1 N–H and O–H groups in total. The molecule has 1 heterocycles. The molecule has 2 aromatic rings. The molecule has 2 amide bonds. The molecule has 1 aliphatic rings. The summed E-state index contributed by atoms with van der Waals surface area (Å²) in [6.45, 7) is 1.99. The number of carbonyl (C=O) groups excluding carboxylic acids is 2. The number of carbonyl (C=O) groups is 2. The first kappa shape index (κ1) is 16.3. The lowest BCUT2D eigenvalue weighted by Crippen LogP contribution is -2.38. The van der Waals surface area contributed by atoms with E-state index < -0.39 is 0 Å². The van der Waals surface area contributed by atoms with Gasteiger partial charge in [-0.3, -0.25) is 9.59 Å². The fourth-order valence-electron chi connectivity index (χ4n) is 2.52. The van der Waals surface area contributed by atoms with E-state index in [4.69, 9.17) is 16.3 Å². The number of para-hydroxylation sites is 2. The third-order valence-electron chi connectivity index (χ3n) is 3.83. The molecule has 1 unspecified atom stereocenters. The maximum absolute atomic E-state index is 12.6. The summed E-state index contributed by atoms with van der Waals surface area (Å²) in [5.41, 5.74) is 1.31. The molecule has 0 spiro atoms. The quantitative estimate of drug-likeness (QED) is 0.929. The molecule has 124 valence electrons. The Kier molecular flexibility index (Phi) is 4.71. The summed E-state index contributed by atoms with van der Waals surface area (Å²) in [6.07, 6.45) is 0. The van der Waals surface area contributed by atoms with E-state index in [0.29, 0.717) is 28.7 Å². The zero-order valence-corrected chi connectivity index (χ0v) is 13.9. The van der Waals surface area contributed by atoms with Crippen molar-refractivity contribution in [1.29, 1.82) is 0 Å². The third kappa shape index (κ3) is 3.51. The number of fused-ring (bicyclic) bond motifs is 1. The molecule has 3 rings (SSSR count). The van der Waals surface area contributed by atoms with E-state index in [0.717, 1.165) is 0 Å². The number of nitrogens with zero attached hydrogens (tertiary/aromatic N) is 1. The molecule has 0 saturated carbocycles. The van der Waals surface area contributed by atoms with Gasteiger partial charge in [-0.15, -0.1) is 0 Å². The van der Waals surface area contributed by atoms with E-state index in [-0.39, 0.29) is 24.3 Å². The fourth-order valence-corrected chi connectivity index (χ4v) is 2.64. The van der Waals surface area contributed by atoms with Crippen LogP contribution in [0.5, 0.6) is 5.75 Å². The highest BCUT2D eigenvalue weighted by atomic mass is 35.5. The Hall–Kier alpha value is -2.53. The van der Waals surface area contributed by atoms with Gasteiger partial charge in [-0.1, -0.05) is 30.7 Å². The van der Waals surface area contributed by atoms with Gasteiger partial charge in [0, 0.05) is 11.6 Å². The maximum Gasteiger partial charge on any atom is 0.264 e. The van der Waals surface area contributed by atoms with Gasteiger partial charge in [0.25, 0.3) is 5.91 Å². The second-order valence-electron chi connectivity index (χ2n) is 5.65. The van der Waals surface area contributed by atoms with Crippen molar-refractivity contribution in [3.63, 3.8) is 0 Å². The molecule has 0 saturated heterocycles. The topological polar surface area (TPSA) is 58.6 Å². The molecule has 6 heteroatoms. The number of benzene rings is 2. The molecule has 0 bridgehead atoms. The zero-order valence-electron chi connectivity index (χ0n) is 13.2. The fraction of sp³-hybridized carbons (Fsp3) is 0.222. The smallest absolute Gasteiger partial charge is 0.264 e. The van der Waals surface area contributed by atoms with Gasteiger partial charge in [-0.2, -0.15) is 0 Å². The summed E-state index contributed by atoms with van der Waals surface area (Å²) in [7, 11) is 0. The van der Waals surface area contributed by atoms with Crippen LogP contribution in [0.3, 0.4) is 0 Å². The van der Waals surface area contributed by atoms with Gasteiger partial charge in [0.2, 0.25) is 5.91 Å². The van der Waals surface area contributed by atoms with Crippen molar-refractivity contribution >= 4 is 34.8 Å². The molecule has 0 aliphatic carbocycles. The molecule has 24 heavy (non-hydrogen) atoms. The van der Waals surface area contributed by atoms with E-state index in [2.05, 4.69) is 5.32 Å². The number of hydrogen-bond donors (Lipinski definition) is 1. The highest BCUT2D eigenvalue weighted by Gasteiger charge is 2.28. The first-order valence-electron chi connectivity index (χ1n) is 7.63. The molecule has 0 fully saturated rings. The van der Waals surface area contributed by atoms with Gasteiger partial charge >= 0.3 is 0 Å². The van der Waals surface area contributed by atoms with Crippen LogP contribution in [0.25, 0.3) is 0 Å². The van der Waals surface area contributed by atoms with E-state index in [9.17, 15) is 9.59 Å². The van der Waals surface area contributed by atoms with Crippen LogP contribution < -0.4 is 15.0 Å². The third-order valence-corrected chi connectivity index (χ3v) is 4.09. The van der Waals surface area contributed by atoms with Gasteiger partial charge in [-0.25, -0.2) is 0 Å². The largest absolute Gasteiger partial charge is 0.484 e. The molecular weight excluding hydrogens is 328 g/mol. The number of halogens is 1. The van der Waals surface area contributed by atoms with Gasteiger partial charge in [0.1, 0.15) is 5.75 Å². The maximum atomic E-state index is 12.6. The SMILES string of the molecule is CC1CN(C(=O)COc2ccc(Cl)cc2)c2ccccc2NC1=O. The highest BCUT2D eigenvalue weighted by Crippen LogP contribution is 2.30. The Bertz CT molecular complexity index is 761. The van der Waals surface area contributed by atoms with Gasteiger partial charge in [0.05, 0.1) is 17.3 Å². The molecule has 5 nitrogen and oxygen atoms in total. The van der Waals surface area contributed by atoms with Gasteiger partial charge < -0.3 is 15.0 Å². The van der Waals surface area contributed by atoms with Crippen molar-refractivity contribution in [3.8, 4) is 5.75 Å². The number of anilines is 2. The second kappa shape index (κ2) is 6.93. The highest BCUT2D eigenvalue weighted by molar-refractivity contribution is 6.30. The summed E-state index contributed by atoms with van der Waals surface area (Å²) in [5, 5.41) is 3.45. The number of amides is 2. The molecular formula is C18H17ClN2O3. The number of nitrogens with one attached hydrogen (secondary N) is 1. The van der Waals surface area contributed by atoms with Crippen molar-refractivity contribution in [1.82, 2.24) is 0 Å². The summed E-state index contributed by atoms with van der Waals surface area (Å²) in [5.74, 6) is -0.0490. The number of ether oxygens (including phenoxy) is 1. The zero-order chi connectivity index (χ0) is 17.1. The Labute approximate surface area is 145 Å². The first-order chi connectivity index (χ1) is 11.5. The van der Waals surface area contributed by atoms with Gasteiger partial charge in [0.15, 0.2) is 6.61 Å². The van der Waals surface area contributed by atoms with Crippen LogP contribution >= 0.6 is 11.6 Å². The molecule has 0 radical (unpaired) electrons. The summed E-state index contributed by atoms with van der Waals surface area (Å²) >= 11 is 5.83. The average Bonchev–Trinajstić information content (AvgIpc) is 2.71. The van der Waals surface area contributed by atoms with Gasteiger partial charge in [-0.05, 0) is 36.4 Å². The Balaban J connectivity index is 1.77. The average molecular weight is 345 g/mol. The van der Waals surface area contributed by atoms with Crippen molar-refractivity contribution in [2.75, 3.05) is 23.4 Å². The second-order valence-corrected chi connectivity index (χ2v) is 6.09. The van der Waals surface area contributed by atoms with Crippen LogP contribution in [0.15, 0.2) is 48.5 Å². The van der Waals surface area contributed by atoms with E-state index >= 15 is 0 Å².